The molecule has 1 aromatic rings. The van der Waals surface area contributed by atoms with Crippen molar-refractivity contribution in [1.82, 2.24) is 4.72 Å². The Morgan fingerprint density at radius 2 is 2.00 bits per heavy atom. The summed E-state index contributed by atoms with van der Waals surface area (Å²) in [5.41, 5.74) is 1.60. The minimum atomic E-state index is -3.67. The maximum absolute atomic E-state index is 12.0. The Kier molecular flexibility index (Phi) is 5.08. The summed E-state index contributed by atoms with van der Waals surface area (Å²) in [6.45, 7) is 5.19. The molecule has 5 nitrogen and oxygen atoms in total. The SMILES string of the molecule is Cc1cccc(CS(=O)(=O)N[C@@H](C(=O)O)C(C)C)c1. The summed E-state index contributed by atoms with van der Waals surface area (Å²) in [7, 11) is -3.67. The van der Waals surface area contributed by atoms with Gasteiger partial charge in [0.25, 0.3) is 0 Å². The normalized spacial score (nSPS) is 13.5. The Labute approximate surface area is 113 Å². The number of carboxylic acids is 1. The third kappa shape index (κ3) is 5.00. The van der Waals surface area contributed by atoms with Crippen molar-refractivity contribution in [2.75, 3.05) is 0 Å². The van der Waals surface area contributed by atoms with Crippen LogP contribution < -0.4 is 4.72 Å². The van der Waals surface area contributed by atoms with E-state index in [1.165, 1.54) is 0 Å². The lowest BCUT2D eigenvalue weighted by atomic mass is 10.1. The highest BCUT2D eigenvalue weighted by atomic mass is 32.2. The van der Waals surface area contributed by atoms with Crippen LogP contribution in [0.15, 0.2) is 24.3 Å². The lowest BCUT2D eigenvalue weighted by Gasteiger charge is -2.18. The highest BCUT2D eigenvalue weighted by molar-refractivity contribution is 7.88. The minimum absolute atomic E-state index is 0.217. The molecule has 0 aliphatic rings. The monoisotopic (exact) mass is 285 g/mol. The van der Waals surface area contributed by atoms with Gasteiger partial charge in [0.15, 0.2) is 0 Å². The fourth-order valence-corrected chi connectivity index (χ4v) is 3.19. The predicted octanol–water partition coefficient (Wildman–Crippen LogP) is 1.52. The van der Waals surface area contributed by atoms with Gasteiger partial charge in [0.2, 0.25) is 10.0 Å². The molecule has 19 heavy (non-hydrogen) atoms. The molecule has 0 unspecified atom stereocenters. The van der Waals surface area contributed by atoms with Crippen LogP contribution in [-0.4, -0.2) is 25.5 Å². The molecule has 0 saturated heterocycles. The van der Waals surface area contributed by atoms with Gasteiger partial charge in [-0.1, -0.05) is 43.7 Å². The van der Waals surface area contributed by atoms with Crippen LogP contribution in [0, 0.1) is 12.8 Å². The van der Waals surface area contributed by atoms with E-state index in [-0.39, 0.29) is 11.7 Å². The largest absolute Gasteiger partial charge is 0.480 e. The average Bonchev–Trinajstić information content (AvgIpc) is 2.24. The molecule has 0 amide bonds. The van der Waals surface area contributed by atoms with Crippen LogP contribution in [0.25, 0.3) is 0 Å². The van der Waals surface area contributed by atoms with Gasteiger partial charge in [-0.05, 0) is 18.4 Å². The number of sulfonamides is 1. The van der Waals surface area contributed by atoms with Crippen LogP contribution in [0.1, 0.15) is 25.0 Å². The van der Waals surface area contributed by atoms with Crippen molar-refractivity contribution in [3.05, 3.63) is 35.4 Å². The molecule has 0 fully saturated rings. The first-order chi connectivity index (χ1) is 8.71. The van der Waals surface area contributed by atoms with Gasteiger partial charge in [0.1, 0.15) is 6.04 Å². The molecule has 1 aromatic carbocycles. The molecule has 0 spiro atoms. The predicted molar refractivity (Wildman–Crippen MR) is 73.2 cm³/mol. The number of hydrogen-bond donors (Lipinski definition) is 2. The lowest BCUT2D eigenvalue weighted by molar-refractivity contribution is -0.140. The maximum atomic E-state index is 12.0. The number of benzene rings is 1. The first kappa shape index (κ1) is 15.7. The zero-order valence-corrected chi connectivity index (χ0v) is 12.1. The summed E-state index contributed by atoms with van der Waals surface area (Å²) >= 11 is 0. The van der Waals surface area contributed by atoms with Gasteiger partial charge in [0.05, 0.1) is 5.75 Å². The first-order valence-corrected chi connectivity index (χ1v) is 7.65. The van der Waals surface area contributed by atoms with E-state index in [0.29, 0.717) is 5.56 Å². The molecule has 0 aliphatic heterocycles. The van der Waals surface area contributed by atoms with Gasteiger partial charge in [-0.2, -0.15) is 0 Å². The van der Waals surface area contributed by atoms with Crippen molar-refractivity contribution >= 4 is 16.0 Å². The molecule has 0 saturated carbocycles. The maximum Gasteiger partial charge on any atom is 0.321 e. The second-order valence-corrected chi connectivity index (χ2v) is 6.68. The van der Waals surface area contributed by atoms with Crippen molar-refractivity contribution in [1.29, 1.82) is 0 Å². The van der Waals surface area contributed by atoms with Gasteiger partial charge >= 0.3 is 5.97 Å². The highest BCUT2D eigenvalue weighted by Gasteiger charge is 2.26. The standard InChI is InChI=1S/C13H19NO4S/c1-9(2)12(13(15)16)14-19(17,18)8-11-6-4-5-10(3)7-11/h4-7,9,12,14H,8H2,1-3H3,(H,15,16)/t12-/m1/s1. The fourth-order valence-electron chi connectivity index (χ4n) is 1.73. The van der Waals surface area contributed by atoms with Gasteiger partial charge < -0.3 is 5.11 Å². The van der Waals surface area contributed by atoms with Crippen LogP contribution in [0.2, 0.25) is 0 Å². The van der Waals surface area contributed by atoms with E-state index in [2.05, 4.69) is 4.72 Å². The van der Waals surface area contributed by atoms with Crippen molar-refractivity contribution in [3.63, 3.8) is 0 Å². The molecule has 0 bridgehead atoms. The summed E-state index contributed by atoms with van der Waals surface area (Å²) in [6, 6.07) is 6.02. The van der Waals surface area contributed by atoms with Gasteiger partial charge in [0, 0.05) is 0 Å². The zero-order valence-electron chi connectivity index (χ0n) is 11.3. The van der Waals surface area contributed by atoms with E-state index < -0.39 is 22.0 Å². The summed E-state index contributed by atoms with van der Waals surface area (Å²) in [5.74, 6) is -1.70. The van der Waals surface area contributed by atoms with Crippen molar-refractivity contribution in [2.24, 2.45) is 5.92 Å². The summed E-state index contributed by atoms with van der Waals surface area (Å²) in [5, 5.41) is 8.99. The Morgan fingerprint density at radius 1 is 1.37 bits per heavy atom. The number of aliphatic carboxylic acids is 1. The highest BCUT2D eigenvalue weighted by Crippen LogP contribution is 2.10. The molecular weight excluding hydrogens is 266 g/mol. The third-order valence-electron chi connectivity index (χ3n) is 2.68. The van der Waals surface area contributed by atoms with E-state index in [4.69, 9.17) is 5.11 Å². The molecule has 0 aliphatic carbocycles. The van der Waals surface area contributed by atoms with E-state index in [9.17, 15) is 13.2 Å². The van der Waals surface area contributed by atoms with E-state index >= 15 is 0 Å². The van der Waals surface area contributed by atoms with Gasteiger partial charge in [-0.15, -0.1) is 0 Å². The van der Waals surface area contributed by atoms with Crippen LogP contribution in [0.3, 0.4) is 0 Å². The molecule has 2 N–H and O–H groups in total. The van der Waals surface area contributed by atoms with Crippen molar-refractivity contribution < 1.29 is 18.3 Å². The summed E-state index contributed by atoms with van der Waals surface area (Å²) in [6.07, 6.45) is 0. The van der Waals surface area contributed by atoms with Crippen LogP contribution in [-0.2, 0) is 20.6 Å². The molecule has 1 atom stereocenters. The second kappa shape index (κ2) is 6.16. The van der Waals surface area contributed by atoms with Gasteiger partial charge in [-0.3, -0.25) is 4.79 Å². The first-order valence-electron chi connectivity index (χ1n) is 5.99. The number of rotatable bonds is 6. The van der Waals surface area contributed by atoms with Crippen molar-refractivity contribution in [2.45, 2.75) is 32.6 Å². The Bertz CT molecular complexity index is 552. The van der Waals surface area contributed by atoms with Crippen LogP contribution in [0.4, 0.5) is 0 Å². The number of carbonyl (C=O) groups is 1. The molecule has 1 rings (SSSR count). The number of hydrogen-bond acceptors (Lipinski definition) is 3. The van der Waals surface area contributed by atoms with E-state index in [0.717, 1.165) is 5.56 Å². The third-order valence-corrected chi connectivity index (χ3v) is 4.00. The molecule has 0 aromatic heterocycles. The molecular formula is C13H19NO4S. The number of carboxylic acid groups (broad SMARTS) is 1. The number of aryl methyl sites for hydroxylation is 1. The Hall–Kier alpha value is -1.40. The fraction of sp³-hybridized carbons (Fsp3) is 0.462. The lowest BCUT2D eigenvalue weighted by Crippen LogP contribution is -2.44. The topological polar surface area (TPSA) is 83.5 Å². The summed E-state index contributed by atoms with van der Waals surface area (Å²) in [4.78, 5) is 11.0. The van der Waals surface area contributed by atoms with Crippen LogP contribution in [0.5, 0.6) is 0 Å². The number of nitrogens with one attached hydrogen (secondary N) is 1. The Balaban J connectivity index is 2.84. The van der Waals surface area contributed by atoms with Crippen molar-refractivity contribution in [3.8, 4) is 0 Å². The molecule has 6 heteroatoms. The molecule has 106 valence electrons. The van der Waals surface area contributed by atoms with Gasteiger partial charge in [-0.25, -0.2) is 13.1 Å². The van der Waals surface area contributed by atoms with E-state index in [1.807, 2.05) is 13.0 Å². The van der Waals surface area contributed by atoms with E-state index in [1.54, 1.807) is 32.0 Å². The minimum Gasteiger partial charge on any atom is -0.480 e. The molecule has 0 heterocycles. The second-order valence-electron chi connectivity index (χ2n) is 4.93. The average molecular weight is 285 g/mol. The zero-order chi connectivity index (χ0) is 14.6. The smallest absolute Gasteiger partial charge is 0.321 e. The quantitative estimate of drug-likeness (QED) is 0.830. The Morgan fingerprint density at radius 3 is 2.47 bits per heavy atom. The summed E-state index contributed by atoms with van der Waals surface area (Å²) < 4.78 is 26.1. The van der Waals surface area contributed by atoms with Crippen LogP contribution >= 0.6 is 0 Å². The molecule has 0 radical (unpaired) electrons.